The number of thiazole rings is 1. The summed E-state index contributed by atoms with van der Waals surface area (Å²) in [6.45, 7) is 3.23. The zero-order valence-electron chi connectivity index (χ0n) is 24.1. The van der Waals surface area contributed by atoms with Gasteiger partial charge in [-0.1, -0.05) is 6.07 Å². The fourth-order valence-corrected chi connectivity index (χ4v) is 9.01. The van der Waals surface area contributed by atoms with Crippen molar-refractivity contribution in [3.05, 3.63) is 41.8 Å². The first kappa shape index (κ1) is 29.8. The fourth-order valence-electron chi connectivity index (χ4n) is 6.09. The lowest BCUT2D eigenvalue weighted by atomic mass is 9.80. The van der Waals surface area contributed by atoms with Gasteiger partial charge in [0, 0.05) is 21.6 Å². The van der Waals surface area contributed by atoms with Gasteiger partial charge in [0.05, 0.1) is 16.7 Å². The monoisotopic (exact) mass is 635 g/mol. The number of ether oxygens (including phenoxy) is 2. The molecular weight excluding hydrogens is 603 g/mol. The third-order valence-corrected chi connectivity index (χ3v) is 12.1. The van der Waals surface area contributed by atoms with Crippen molar-refractivity contribution in [3.8, 4) is 31.1 Å². The SMILES string of the molecule is CC(=O)C1CCC(C(=O)Oc2ccc(OC(=O)C3CCC(C(C)=O)CC3)c3sc(-c4ccc(-c5cccs5)s4)nc23)CC1. The van der Waals surface area contributed by atoms with E-state index in [1.165, 1.54) is 16.2 Å². The fraction of sp³-hybridized carbons (Fsp3) is 0.424. The van der Waals surface area contributed by atoms with Gasteiger partial charge >= 0.3 is 11.9 Å². The minimum atomic E-state index is -0.319. The number of aromatic nitrogens is 1. The standard InChI is InChI=1S/C33H33NO6S3/c1-18(35)20-5-9-22(10-6-20)32(37)39-24-13-14-25(40-33(38)23-11-7-21(8-12-23)19(2)36)30-29(24)34-31(43-30)28-16-15-27(42-28)26-4-3-17-41-26/h3-4,13-17,20-23H,5-12H2,1-2H3. The molecule has 0 saturated heterocycles. The summed E-state index contributed by atoms with van der Waals surface area (Å²) in [5.41, 5.74) is 0.488. The molecule has 224 valence electrons. The maximum atomic E-state index is 13.2. The van der Waals surface area contributed by atoms with Crippen molar-refractivity contribution in [2.24, 2.45) is 23.7 Å². The van der Waals surface area contributed by atoms with Crippen LogP contribution in [0.2, 0.25) is 0 Å². The summed E-state index contributed by atoms with van der Waals surface area (Å²) < 4.78 is 12.6. The van der Waals surface area contributed by atoms with Gasteiger partial charge in [-0.25, -0.2) is 4.98 Å². The number of esters is 2. The molecule has 43 heavy (non-hydrogen) atoms. The molecule has 0 bridgehead atoms. The maximum Gasteiger partial charge on any atom is 0.314 e. The van der Waals surface area contributed by atoms with Crippen molar-refractivity contribution < 1.29 is 28.7 Å². The van der Waals surface area contributed by atoms with Crippen molar-refractivity contribution >= 4 is 67.7 Å². The molecule has 0 unspecified atom stereocenters. The molecule has 2 aliphatic rings. The Bertz CT molecular complexity index is 1570. The molecule has 0 amide bonds. The van der Waals surface area contributed by atoms with E-state index in [0.29, 0.717) is 73.1 Å². The minimum Gasteiger partial charge on any atom is -0.425 e. The number of hydrogen-bond donors (Lipinski definition) is 0. The number of hydrogen-bond acceptors (Lipinski definition) is 10. The van der Waals surface area contributed by atoms with E-state index in [4.69, 9.17) is 14.5 Å². The van der Waals surface area contributed by atoms with Gasteiger partial charge in [0.15, 0.2) is 11.5 Å². The summed E-state index contributed by atoms with van der Waals surface area (Å²) in [4.78, 5) is 58.2. The van der Waals surface area contributed by atoms with Crippen LogP contribution >= 0.6 is 34.0 Å². The van der Waals surface area contributed by atoms with Crippen LogP contribution in [0.25, 0.3) is 29.9 Å². The van der Waals surface area contributed by atoms with Crippen molar-refractivity contribution in [3.63, 3.8) is 0 Å². The van der Waals surface area contributed by atoms with Gasteiger partial charge in [0.1, 0.15) is 26.8 Å². The van der Waals surface area contributed by atoms with Crippen molar-refractivity contribution in [2.75, 3.05) is 0 Å². The Morgan fingerprint density at radius 2 is 1.19 bits per heavy atom. The molecule has 1 aromatic carbocycles. The van der Waals surface area contributed by atoms with Gasteiger partial charge in [0.25, 0.3) is 0 Å². The van der Waals surface area contributed by atoms with Crippen molar-refractivity contribution in [2.45, 2.75) is 65.2 Å². The molecule has 0 radical (unpaired) electrons. The van der Waals surface area contributed by atoms with Crippen molar-refractivity contribution in [1.82, 2.24) is 4.98 Å². The first-order chi connectivity index (χ1) is 20.8. The van der Waals surface area contributed by atoms with Gasteiger partial charge in [-0.3, -0.25) is 19.2 Å². The Kier molecular flexibility index (Phi) is 8.88. The second-order valence-corrected chi connectivity index (χ2v) is 14.6. The number of thiophene rings is 2. The summed E-state index contributed by atoms with van der Waals surface area (Å²) in [6, 6.07) is 11.6. The smallest absolute Gasteiger partial charge is 0.314 e. The van der Waals surface area contributed by atoms with E-state index in [1.807, 2.05) is 17.5 Å². The van der Waals surface area contributed by atoms with E-state index in [1.54, 1.807) is 48.7 Å². The summed E-state index contributed by atoms with van der Waals surface area (Å²) >= 11 is 4.73. The second-order valence-electron chi connectivity index (χ2n) is 11.6. The van der Waals surface area contributed by atoms with E-state index in [9.17, 15) is 19.2 Å². The quantitative estimate of drug-likeness (QED) is 0.142. The highest BCUT2D eigenvalue weighted by Gasteiger charge is 2.32. The highest BCUT2D eigenvalue weighted by molar-refractivity contribution is 7.28. The first-order valence-electron chi connectivity index (χ1n) is 14.8. The first-order valence-corrected chi connectivity index (χ1v) is 17.3. The molecule has 2 saturated carbocycles. The molecule has 0 aliphatic heterocycles. The van der Waals surface area contributed by atoms with Gasteiger partial charge in [-0.05, 0) is 101 Å². The van der Waals surface area contributed by atoms with Crippen LogP contribution in [0.3, 0.4) is 0 Å². The van der Waals surface area contributed by atoms with E-state index in [0.717, 1.165) is 14.8 Å². The lowest BCUT2D eigenvalue weighted by Crippen LogP contribution is -2.28. The Morgan fingerprint density at radius 3 is 1.74 bits per heavy atom. The predicted octanol–water partition coefficient (Wildman–Crippen LogP) is 8.35. The maximum absolute atomic E-state index is 13.2. The van der Waals surface area contributed by atoms with E-state index in [2.05, 4.69) is 12.1 Å². The molecule has 4 aromatic rings. The molecule has 6 rings (SSSR count). The number of carbonyl (C=O) groups excluding carboxylic acids is 4. The zero-order chi connectivity index (χ0) is 30.1. The molecule has 7 nitrogen and oxygen atoms in total. The number of nitrogens with zero attached hydrogens (tertiary/aromatic N) is 1. The van der Waals surface area contributed by atoms with Gasteiger partial charge in [-0.15, -0.1) is 34.0 Å². The van der Waals surface area contributed by atoms with Crippen LogP contribution in [0.4, 0.5) is 0 Å². The minimum absolute atomic E-state index is 0.0215. The van der Waals surface area contributed by atoms with Crippen LogP contribution in [0.1, 0.15) is 65.2 Å². The third-order valence-electron chi connectivity index (χ3n) is 8.74. The van der Waals surface area contributed by atoms with Gasteiger partial charge < -0.3 is 9.47 Å². The van der Waals surface area contributed by atoms with Crippen LogP contribution in [0, 0.1) is 23.7 Å². The molecule has 0 spiro atoms. The molecule has 0 atom stereocenters. The zero-order valence-corrected chi connectivity index (χ0v) is 26.6. The summed E-state index contributed by atoms with van der Waals surface area (Å²) in [5.74, 6) is -0.00726. The molecular formula is C33H33NO6S3. The summed E-state index contributed by atoms with van der Waals surface area (Å²) in [5, 5.41) is 2.81. The Morgan fingerprint density at radius 1 is 0.651 bits per heavy atom. The summed E-state index contributed by atoms with van der Waals surface area (Å²) in [7, 11) is 0. The topological polar surface area (TPSA) is 99.6 Å². The number of ketones is 2. The number of fused-ring (bicyclic) bond motifs is 1. The lowest BCUT2D eigenvalue weighted by Gasteiger charge is -2.25. The molecule has 10 heteroatoms. The normalized spacial score (nSPS) is 22.3. The van der Waals surface area contributed by atoms with Crippen LogP contribution in [-0.4, -0.2) is 28.5 Å². The van der Waals surface area contributed by atoms with Crippen LogP contribution < -0.4 is 9.47 Å². The molecule has 3 heterocycles. The highest BCUT2D eigenvalue weighted by atomic mass is 32.1. The Labute approximate surface area is 262 Å². The second kappa shape index (κ2) is 12.8. The highest BCUT2D eigenvalue weighted by Crippen LogP contribution is 2.45. The Balaban J connectivity index is 1.27. The van der Waals surface area contributed by atoms with Crippen LogP contribution in [0.15, 0.2) is 41.8 Å². The van der Waals surface area contributed by atoms with E-state index >= 15 is 0 Å². The van der Waals surface area contributed by atoms with E-state index < -0.39 is 0 Å². The number of rotatable bonds is 8. The number of Topliss-reactive ketones (excluding diaryl/α,β-unsaturated/α-hetero) is 2. The van der Waals surface area contributed by atoms with Gasteiger partial charge in [0.2, 0.25) is 0 Å². The number of benzene rings is 1. The molecule has 2 aliphatic carbocycles. The molecule has 2 fully saturated rings. The van der Waals surface area contributed by atoms with Crippen LogP contribution in [-0.2, 0) is 19.2 Å². The van der Waals surface area contributed by atoms with E-state index in [-0.39, 0.29) is 47.2 Å². The average Bonchev–Trinajstić information content (AvgIpc) is 3.79. The molecule has 3 aromatic heterocycles. The van der Waals surface area contributed by atoms with Crippen molar-refractivity contribution in [1.29, 1.82) is 0 Å². The Hall–Kier alpha value is -3.21. The largest absolute Gasteiger partial charge is 0.425 e. The lowest BCUT2D eigenvalue weighted by molar-refractivity contribution is -0.141. The summed E-state index contributed by atoms with van der Waals surface area (Å²) in [6.07, 6.45) is 5.28. The third kappa shape index (κ3) is 6.51. The number of carbonyl (C=O) groups is 4. The van der Waals surface area contributed by atoms with Crippen LogP contribution in [0.5, 0.6) is 11.5 Å². The molecule has 0 N–H and O–H groups in total. The average molecular weight is 636 g/mol. The predicted molar refractivity (Wildman–Crippen MR) is 170 cm³/mol. The van der Waals surface area contributed by atoms with Gasteiger partial charge in [-0.2, -0.15) is 0 Å².